The van der Waals surface area contributed by atoms with Gasteiger partial charge in [0.1, 0.15) is 6.04 Å². The van der Waals surface area contributed by atoms with Crippen molar-refractivity contribution < 1.29 is 9.59 Å². The maximum atomic E-state index is 12.8. The molecule has 0 heterocycles. The number of rotatable bonds is 6. The number of benzene rings is 2. The van der Waals surface area contributed by atoms with Crippen molar-refractivity contribution in [2.45, 2.75) is 26.4 Å². The van der Waals surface area contributed by atoms with Crippen LogP contribution < -0.4 is 5.32 Å². The molecular formula is C20H23ClN2O2. The Bertz CT molecular complexity index is 731. The topological polar surface area (TPSA) is 49.4 Å². The monoisotopic (exact) mass is 358 g/mol. The molecule has 1 atom stereocenters. The minimum Gasteiger partial charge on any atom is -0.340 e. The Morgan fingerprint density at radius 3 is 2.24 bits per heavy atom. The van der Waals surface area contributed by atoms with Crippen LogP contribution in [0.5, 0.6) is 0 Å². The van der Waals surface area contributed by atoms with Gasteiger partial charge in [0.2, 0.25) is 5.91 Å². The van der Waals surface area contributed by atoms with Crippen LogP contribution in [0.25, 0.3) is 0 Å². The van der Waals surface area contributed by atoms with Crippen LogP contribution in [0.1, 0.15) is 29.8 Å². The zero-order valence-electron chi connectivity index (χ0n) is 14.7. The number of hydrogen-bond acceptors (Lipinski definition) is 2. The fourth-order valence-corrected chi connectivity index (χ4v) is 2.77. The van der Waals surface area contributed by atoms with Gasteiger partial charge in [-0.2, -0.15) is 0 Å². The molecule has 2 aromatic carbocycles. The van der Waals surface area contributed by atoms with Gasteiger partial charge in [-0.05, 0) is 23.6 Å². The highest BCUT2D eigenvalue weighted by molar-refractivity contribution is 6.33. The van der Waals surface area contributed by atoms with Gasteiger partial charge in [0, 0.05) is 13.6 Å². The van der Waals surface area contributed by atoms with Crippen molar-refractivity contribution in [3.8, 4) is 0 Å². The summed E-state index contributed by atoms with van der Waals surface area (Å²) in [4.78, 5) is 27.0. The molecular weight excluding hydrogens is 336 g/mol. The van der Waals surface area contributed by atoms with Crippen molar-refractivity contribution in [1.29, 1.82) is 0 Å². The van der Waals surface area contributed by atoms with Crippen LogP contribution in [0, 0.1) is 5.92 Å². The molecule has 0 radical (unpaired) electrons. The van der Waals surface area contributed by atoms with Gasteiger partial charge in [-0.15, -0.1) is 0 Å². The molecule has 1 N–H and O–H groups in total. The summed E-state index contributed by atoms with van der Waals surface area (Å²) in [6.45, 7) is 4.31. The Hall–Kier alpha value is -2.33. The fourth-order valence-electron chi connectivity index (χ4n) is 2.55. The Labute approximate surface area is 153 Å². The molecule has 0 bridgehead atoms. The number of amides is 2. The summed E-state index contributed by atoms with van der Waals surface area (Å²) in [6.07, 6.45) is 0. The molecule has 2 amide bonds. The van der Waals surface area contributed by atoms with Crippen molar-refractivity contribution in [2.24, 2.45) is 5.92 Å². The number of likely N-dealkylation sites (N-methyl/N-ethyl adjacent to an activating group) is 1. The number of carbonyl (C=O) groups excluding carboxylic acids is 2. The second kappa shape index (κ2) is 8.67. The van der Waals surface area contributed by atoms with Crippen molar-refractivity contribution >= 4 is 23.4 Å². The van der Waals surface area contributed by atoms with Crippen molar-refractivity contribution in [2.75, 3.05) is 7.05 Å². The van der Waals surface area contributed by atoms with Crippen molar-refractivity contribution in [3.05, 3.63) is 70.7 Å². The van der Waals surface area contributed by atoms with Crippen LogP contribution in [0.15, 0.2) is 54.6 Å². The van der Waals surface area contributed by atoms with Crippen LogP contribution in [0.2, 0.25) is 5.02 Å². The molecule has 0 fully saturated rings. The lowest BCUT2D eigenvalue weighted by Crippen LogP contribution is -2.50. The average molecular weight is 359 g/mol. The van der Waals surface area contributed by atoms with Gasteiger partial charge < -0.3 is 10.2 Å². The lowest BCUT2D eigenvalue weighted by molar-refractivity contribution is -0.133. The summed E-state index contributed by atoms with van der Waals surface area (Å²) < 4.78 is 0. The van der Waals surface area contributed by atoms with Crippen LogP contribution in [-0.2, 0) is 11.3 Å². The van der Waals surface area contributed by atoms with E-state index in [-0.39, 0.29) is 17.7 Å². The molecule has 25 heavy (non-hydrogen) atoms. The Morgan fingerprint density at radius 1 is 1.04 bits per heavy atom. The number of nitrogens with one attached hydrogen (secondary N) is 1. The second-order valence-corrected chi connectivity index (χ2v) is 6.76. The highest BCUT2D eigenvalue weighted by Gasteiger charge is 2.27. The van der Waals surface area contributed by atoms with E-state index >= 15 is 0 Å². The summed E-state index contributed by atoms with van der Waals surface area (Å²) in [5.41, 5.74) is 1.41. The van der Waals surface area contributed by atoms with Gasteiger partial charge in [-0.3, -0.25) is 9.59 Å². The third-order valence-corrected chi connectivity index (χ3v) is 4.31. The molecule has 2 rings (SSSR count). The van der Waals surface area contributed by atoms with E-state index in [4.69, 9.17) is 11.6 Å². The molecule has 1 unspecified atom stereocenters. The molecule has 0 aliphatic rings. The van der Waals surface area contributed by atoms with Crippen LogP contribution in [0.3, 0.4) is 0 Å². The summed E-state index contributed by atoms with van der Waals surface area (Å²) in [6, 6.07) is 15.9. The largest absolute Gasteiger partial charge is 0.340 e. The Kier molecular flexibility index (Phi) is 6.59. The van der Waals surface area contributed by atoms with Gasteiger partial charge in [0.05, 0.1) is 10.6 Å². The van der Waals surface area contributed by atoms with Gasteiger partial charge in [0.25, 0.3) is 5.91 Å². The van der Waals surface area contributed by atoms with E-state index in [2.05, 4.69) is 5.32 Å². The highest BCUT2D eigenvalue weighted by atomic mass is 35.5. The summed E-state index contributed by atoms with van der Waals surface area (Å²) in [7, 11) is 1.74. The van der Waals surface area contributed by atoms with Gasteiger partial charge >= 0.3 is 0 Å². The van der Waals surface area contributed by atoms with Gasteiger partial charge in [-0.25, -0.2) is 0 Å². The summed E-state index contributed by atoms with van der Waals surface area (Å²) in [5, 5.41) is 3.19. The SMILES string of the molecule is CC(C)C(NC(=O)c1ccccc1Cl)C(=O)N(C)Cc1ccccc1. The quantitative estimate of drug-likeness (QED) is 0.854. The molecule has 0 saturated carbocycles. The van der Waals surface area contributed by atoms with Gasteiger partial charge in [-0.1, -0.05) is 67.9 Å². The molecule has 2 aromatic rings. The first-order chi connectivity index (χ1) is 11.9. The average Bonchev–Trinajstić information content (AvgIpc) is 2.59. The number of halogens is 1. The molecule has 5 heteroatoms. The van der Waals surface area contributed by atoms with Crippen LogP contribution in [0.4, 0.5) is 0 Å². The molecule has 0 saturated heterocycles. The number of carbonyl (C=O) groups is 2. The van der Waals surface area contributed by atoms with Crippen LogP contribution >= 0.6 is 11.6 Å². The van der Waals surface area contributed by atoms with E-state index in [0.29, 0.717) is 17.1 Å². The highest BCUT2D eigenvalue weighted by Crippen LogP contribution is 2.16. The molecule has 0 aromatic heterocycles. The zero-order valence-corrected chi connectivity index (χ0v) is 15.5. The fraction of sp³-hybridized carbons (Fsp3) is 0.300. The first-order valence-electron chi connectivity index (χ1n) is 8.24. The third kappa shape index (κ3) is 5.07. The van der Waals surface area contributed by atoms with E-state index < -0.39 is 6.04 Å². The number of nitrogens with zero attached hydrogens (tertiary/aromatic N) is 1. The second-order valence-electron chi connectivity index (χ2n) is 6.35. The maximum absolute atomic E-state index is 12.8. The normalized spacial score (nSPS) is 11.9. The molecule has 132 valence electrons. The minimum atomic E-state index is -0.613. The molecule has 0 spiro atoms. The zero-order chi connectivity index (χ0) is 18.4. The molecule has 0 aliphatic carbocycles. The lowest BCUT2D eigenvalue weighted by Gasteiger charge is -2.27. The van der Waals surface area contributed by atoms with E-state index in [1.165, 1.54) is 0 Å². The minimum absolute atomic E-state index is 0.0443. The summed E-state index contributed by atoms with van der Waals surface area (Å²) in [5.74, 6) is -0.512. The van der Waals surface area contributed by atoms with E-state index in [1.807, 2.05) is 44.2 Å². The van der Waals surface area contributed by atoms with E-state index in [9.17, 15) is 9.59 Å². The standard InChI is InChI=1S/C20H23ClN2O2/c1-14(2)18(22-19(24)16-11-7-8-12-17(16)21)20(25)23(3)13-15-9-5-4-6-10-15/h4-12,14,18H,13H2,1-3H3,(H,22,24). The van der Waals surface area contributed by atoms with Crippen molar-refractivity contribution in [1.82, 2.24) is 10.2 Å². The molecule has 0 aliphatic heterocycles. The Morgan fingerprint density at radius 2 is 1.64 bits per heavy atom. The van der Waals surface area contributed by atoms with E-state index in [1.54, 1.807) is 36.2 Å². The van der Waals surface area contributed by atoms with Gasteiger partial charge in [0.15, 0.2) is 0 Å². The number of hydrogen-bond donors (Lipinski definition) is 1. The third-order valence-electron chi connectivity index (χ3n) is 3.98. The predicted molar refractivity (Wildman–Crippen MR) is 100 cm³/mol. The molecule has 4 nitrogen and oxygen atoms in total. The smallest absolute Gasteiger partial charge is 0.253 e. The van der Waals surface area contributed by atoms with E-state index in [0.717, 1.165) is 5.56 Å². The predicted octanol–water partition coefficient (Wildman–Crippen LogP) is 3.75. The maximum Gasteiger partial charge on any atom is 0.253 e. The Balaban J connectivity index is 2.10. The van der Waals surface area contributed by atoms with Crippen LogP contribution in [-0.4, -0.2) is 29.8 Å². The lowest BCUT2D eigenvalue weighted by atomic mass is 10.0. The summed E-state index contributed by atoms with van der Waals surface area (Å²) >= 11 is 6.08. The first-order valence-corrected chi connectivity index (χ1v) is 8.62. The first kappa shape index (κ1) is 19.0. The van der Waals surface area contributed by atoms with Crippen molar-refractivity contribution in [3.63, 3.8) is 0 Å².